The Bertz CT molecular complexity index is 1140. The number of aryl methyl sites for hydroxylation is 3. The van der Waals surface area contributed by atoms with Crippen molar-refractivity contribution in [2.45, 2.75) is 30.6 Å². The molecule has 0 aliphatic rings. The van der Waals surface area contributed by atoms with Gasteiger partial charge in [-0.25, -0.2) is 9.19 Å². The summed E-state index contributed by atoms with van der Waals surface area (Å²) in [6, 6.07) is 22.5. The maximum Gasteiger partial charge on any atom is 0.123 e. The number of hydrogen-bond acceptors (Lipinski definition) is 3. The number of rotatable bonds is 4. The van der Waals surface area contributed by atoms with Crippen molar-refractivity contribution in [3.05, 3.63) is 89.6 Å². The van der Waals surface area contributed by atoms with E-state index in [1.54, 1.807) is 11.3 Å². The normalized spacial score (nSPS) is 12.1. The molecule has 4 aromatic rings. The highest BCUT2D eigenvalue weighted by Crippen LogP contribution is 2.33. The van der Waals surface area contributed by atoms with E-state index in [-0.39, 0.29) is 0 Å². The molecular formula is C24H21NOS2. The monoisotopic (exact) mass is 403 g/mol. The zero-order valence-electron chi connectivity index (χ0n) is 16.1. The third-order valence-corrected chi connectivity index (χ3v) is 7.34. The van der Waals surface area contributed by atoms with Gasteiger partial charge in [-0.1, -0.05) is 54.1 Å². The minimum Gasteiger partial charge on any atom is -0.249 e. The van der Waals surface area contributed by atoms with Crippen molar-refractivity contribution in [2.24, 2.45) is 0 Å². The van der Waals surface area contributed by atoms with E-state index in [9.17, 15) is 4.21 Å². The van der Waals surface area contributed by atoms with Gasteiger partial charge in [0.2, 0.25) is 0 Å². The van der Waals surface area contributed by atoms with Crippen LogP contribution in [0.3, 0.4) is 0 Å². The molecule has 0 N–H and O–H groups in total. The number of nitrogens with zero attached hydrogens (tertiary/aromatic N) is 1. The average molecular weight is 404 g/mol. The molecule has 4 rings (SSSR count). The highest BCUT2D eigenvalue weighted by atomic mass is 32.2. The molecule has 0 fully saturated rings. The molecule has 1 atom stereocenters. The lowest BCUT2D eigenvalue weighted by atomic mass is 10.2. The Hall–Kier alpha value is -2.56. The molecule has 1 aromatic heterocycles. The second kappa shape index (κ2) is 7.82. The Morgan fingerprint density at radius 3 is 2.14 bits per heavy atom. The molecule has 2 nitrogen and oxygen atoms in total. The second-order valence-electron chi connectivity index (χ2n) is 6.96. The average Bonchev–Trinajstić information content (AvgIpc) is 3.20. The maximum atomic E-state index is 13.0. The third kappa shape index (κ3) is 3.84. The molecule has 0 saturated carbocycles. The van der Waals surface area contributed by atoms with Crippen molar-refractivity contribution in [3.63, 3.8) is 0 Å². The minimum atomic E-state index is -1.17. The first-order chi connectivity index (χ1) is 13.5. The largest absolute Gasteiger partial charge is 0.249 e. The maximum absolute atomic E-state index is 13.0. The first-order valence-corrected chi connectivity index (χ1v) is 11.1. The van der Waals surface area contributed by atoms with E-state index in [1.165, 1.54) is 5.56 Å². The first kappa shape index (κ1) is 18.8. The molecule has 0 aliphatic carbocycles. The molecule has 0 bridgehead atoms. The molecule has 0 aliphatic heterocycles. The van der Waals surface area contributed by atoms with E-state index in [2.05, 4.69) is 42.2 Å². The predicted molar refractivity (Wildman–Crippen MR) is 118 cm³/mol. The van der Waals surface area contributed by atoms with Gasteiger partial charge in [0.1, 0.15) is 5.01 Å². The molecule has 28 heavy (non-hydrogen) atoms. The third-order valence-electron chi connectivity index (χ3n) is 4.70. The summed E-state index contributed by atoms with van der Waals surface area (Å²) in [5, 5.41) is 1.01. The van der Waals surface area contributed by atoms with E-state index in [4.69, 9.17) is 0 Å². The van der Waals surface area contributed by atoms with Crippen LogP contribution in [-0.2, 0) is 10.8 Å². The van der Waals surface area contributed by atoms with Crippen LogP contribution in [0.1, 0.15) is 16.7 Å². The SMILES string of the molecule is Cc1ccc(-c2ncc(-c3ccc(S(=O)c4cc(C)ccc4C)cc3)s2)cc1. The van der Waals surface area contributed by atoms with Gasteiger partial charge in [0.15, 0.2) is 0 Å². The van der Waals surface area contributed by atoms with Crippen molar-refractivity contribution in [1.82, 2.24) is 4.98 Å². The fourth-order valence-electron chi connectivity index (χ4n) is 3.01. The quantitative estimate of drug-likeness (QED) is 0.386. The first-order valence-electron chi connectivity index (χ1n) is 9.13. The van der Waals surface area contributed by atoms with Gasteiger partial charge in [-0.2, -0.15) is 0 Å². The summed E-state index contributed by atoms with van der Waals surface area (Å²) in [5.41, 5.74) is 5.65. The lowest BCUT2D eigenvalue weighted by Crippen LogP contribution is -1.96. The van der Waals surface area contributed by atoms with Crippen LogP contribution in [0, 0.1) is 20.8 Å². The van der Waals surface area contributed by atoms with Crippen LogP contribution < -0.4 is 0 Å². The van der Waals surface area contributed by atoms with Crippen LogP contribution in [0.4, 0.5) is 0 Å². The molecular weight excluding hydrogens is 382 g/mol. The Balaban J connectivity index is 1.59. The summed E-state index contributed by atoms with van der Waals surface area (Å²) in [7, 11) is -1.17. The van der Waals surface area contributed by atoms with Crippen molar-refractivity contribution < 1.29 is 4.21 Å². The van der Waals surface area contributed by atoms with Crippen molar-refractivity contribution in [3.8, 4) is 21.0 Å². The summed E-state index contributed by atoms with van der Waals surface area (Å²) in [6.07, 6.45) is 1.91. The Morgan fingerprint density at radius 1 is 0.786 bits per heavy atom. The van der Waals surface area contributed by atoms with Gasteiger partial charge in [-0.3, -0.25) is 0 Å². The van der Waals surface area contributed by atoms with E-state index >= 15 is 0 Å². The molecule has 0 saturated heterocycles. The fraction of sp³-hybridized carbons (Fsp3) is 0.125. The lowest BCUT2D eigenvalue weighted by Gasteiger charge is -2.08. The number of hydrogen-bond donors (Lipinski definition) is 0. The van der Waals surface area contributed by atoms with Gasteiger partial charge in [0, 0.05) is 21.6 Å². The molecule has 1 unspecified atom stereocenters. The summed E-state index contributed by atoms with van der Waals surface area (Å²) in [6.45, 7) is 6.12. The van der Waals surface area contributed by atoms with Crippen molar-refractivity contribution in [1.29, 1.82) is 0 Å². The molecule has 0 amide bonds. The van der Waals surface area contributed by atoms with Gasteiger partial charge in [0.25, 0.3) is 0 Å². The summed E-state index contributed by atoms with van der Waals surface area (Å²) in [5.74, 6) is 0. The zero-order valence-corrected chi connectivity index (χ0v) is 17.7. The molecule has 0 radical (unpaired) electrons. The fourth-order valence-corrected chi connectivity index (χ4v) is 5.23. The highest BCUT2D eigenvalue weighted by molar-refractivity contribution is 7.85. The topological polar surface area (TPSA) is 30.0 Å². The Labute approximate surface area is 172 Å². The van der Waals surface area contributed by atoms with Crippen molar-refractivity contribution >= 4 is 22.1 Å². The van der Waals surface area contributed by atoms with Crippen LogP contribution in [0.25, 0.3) is 21.0 Å². The van der Waals surface area contributed by atoms with E-state index in [1.807, 2.05) is 56.4 Å². The van der Waals surface area contributed by atoms with Crippen LogP contribution in [-0.4, -0.2) is 9.19 Å². The lowest BCUT2D eigenvalue weighted by molar-refractivity contribution is 0.682. The predicted octanol–water partition coefficient (Wildman–Crippen LogP) is 6.57. The highest BCUT2D eigenvalue weighted by Gasteiger charge is 2.12. The number of benzene rings is 3. The second-order valence-corrected chi connectivity index (χ2v) is 9.44. The van der Waals surface area contributed by atoms with Crippen LogP contribution >= 0.6 is 11.3 Å². The summed E-state index contributed by atoms with van der Waals surface area (Å²) in [4.78, 5) is 7.39. The summed E-state index contributed by atoms with van der Waals surface area (Å²) >= 11 is 1.67. The Kier molecular flexibility index (Phi) is 5.25. The van der Waals surface area contributed by atoms with Gasteiger partial charge < -0.3 is 0 Å². The zero-order chi connectivity index (χ0) is 19.7. The molecule has 1 heterocycles. The molecule has 140 valence electrons. The number of thiazole rings is 1. The van der Waals surface area contributed by atoms with Crippen LogP contribution in [0.15, 0.2) is 82.7 Å². The molecule has 3 aromatic carbocycles. The standard InChI is InChI=1S/C24H21NOS2/c1-16-5-8-20(9-6-16)24-25-15-22(27-24)19-10-12-21(13-11-19)28(26)23-14-17(2)4-7-18(23)3/h4-15H,1-3H3. The van der Waals surface area contributed by atoms with Crippen LogP contribution in [0.2, 0.25) is 0 Å². The smallest absolute Gasteiger partial charge is 0.123 e. The summed E-state index contributed by atoms with van der Waals surface area (Å²) < 4.78 is 13.0. The van der Waals surface area contributed by atoms with Crippen molar-refractivity contribution in [2.75, 3.05) is 0 Å². The minimum absolute atomic E-state index is 0.820. The molecule has 0 spiro atoms. The van der Waals surface area contributed by atoms with Crippen LogP contribution in [0.5, 0.6) is 0 Å². The van der Waals surface area contributed by atoms with E-state index in [0.29, 0.717) is 0 Å². The number of aromatic nitrogens is 1. The van der Waals surface area contributed by atoms with Gasteiger partial charge in [-0.05, 0) is 55.7 Å². The van der Waals surface area contributed by atoms with Gasteiger partial charge in [-0.15, -0.1) is 11.3 Å². The van der Waals surface area contributed by atoms with E-state index in [0.717, 1.165) is 41.9 Å². The molecule has 4 heteroatoms. The van der Waals surface area contributed by atoms with Gasteiger partial charge in [0.05, 0.1) is 15.7 Å². The van der Waals surface area contributed by atoms with E-state index < -0.39 is 10.8 Å². The van der Waals surface area contributed by atoms with Gasteiger partial charge >= 0.3 is 0 Å². The Morgan fingerprint density at radius 2 is 1.43 bits per heavy atom.